The van der Waals surface area contributed by atoms with Gasteiger partial charge in [-0.15, -0.1) is 70.6 Å². The van der Waals surface area contributed by atoms with Gasteiger partial charge in [0, 0.05) is 22.6 Å². The smallest absolute Gasteiger partial charge is 0.132 e. The molecule has 0 amide bonds. The van der Waals surface area contributed by atoms with Crippen molar-refractivity contribution in [2.24, 2.45) is 0 Å². The van der Waals surface area contributed by atoms with E-state index >= 15 is 0 Å². The molecule has 0 atom stereocenters. The molecule has 0 saturated heterocycles. The number of hydrogen-bond acceptors (Lipinski definition) is 8. The largest absolute Gasteiger partial charge is 0.145 e. The van der Waals surface area contributed by atoms with E-state index in [1.54, 1.807) is 45.3 Å². The van der Waals surface area contributed by atoms with Crippen LogP contribution >= 0.6 is 95.0 Å². The summed E-state index contributed by atoms with van der Waals surface area (Å²) in [4.78, 5) is 2.50. The fourth-order valence-electron chi connectivity index (χ4n) is 1.97. The van der Waals surface area contributed by atoms with Crippen molar-refractivity contribution in [3.05, 3.63) is 51.4 Å². The van der Waals surface area contributed by atoms with Crippen LogP contribution in [0.5, 0.6) is 0 Å². The maximum Gasteiger partial charge on any atom is 0.145 e. The molecule has 0 aliphatic carbocycles. The van der Waals surface area contributed by atoms with Crippen LogP contribution in [0.3, 0.4) is 0 Å². The molecule has 0 aliphatic heterocycles. The number of hydrogen-bond donors (Lipinski definition) is 2. The van der Waals surface area contributed by atoms with Gasteiger partial charge < -0.3 is 0 Å². The average Bonchev–Trinajstić information content (AvgIpc) is 2.94. The molecule has 0 saturated carbocycles. The van der Waals surface area contributed by atoms with Gasteiger partial charge in [-0.25, -0.2) is 0 Å². The third-order valence-corrected chi connectivity index (χ3v) is 9.39. The summed E-state index contributed by atoms with van der Waals surface area (Å²) < 4.78 is 3.96. The Labute approximate surface area is 166 Å². The molecule has 0 nitrogen and oxygen atoms in total. The zero-order valence-electron chi connectivity index (χ0n) is 11.1. The van der Waals surface area contributed by atoms with Crippen LogP contribution in [0.2, 0.25) is 0 Å². The van der Waals surface area contributed by atoms with Crippen LogP contribution in [0, 0.1) is 6.28 Å². The summed E-state index contributed by atoms with van der Waals surface area (Å²) in [6, 6.07) is 8.72. The predicted molar refractivity (Wildman–Crippen MR) is 113 cm³/mol. The molecule has 0 fully saturated rings. The Morgan fingerprint density at radius 3 is 1.32 bits per heavy atom. The molecular formula is C14H10S8. The van der Waals surface area contributed by atoms with E-state index in [0.29, 0.717) is 0 Å². The maximum atomic E-state index is 5.22. The first-order valence-electron chi connectivity index (χ1n) is 6.22. The molecule has 114 valence electrons. The summed E-state index contributed by atoms with van der Waals surface area (Å²) in [5, 5.41) is 0. The first-order valence-corrected chi connectivity index (χ1v) is 11.2. The summed E-state index contributed by atoms with van der Waals surface area (Å²) in [7, 11) is 0. The van der Waals surface area contributed by atoms with Gasteiger partial charge in [0.1, 0.15) is 6.28 Å². The van der Waals surface area contributed by atoms with Gasteiger partial charge in [0.05, 0.1) is 8.42 Å². The van der Waals surface area contributed by atoms with Gasteiger partial charge in [-0.3, -0.25) is 0 Å². The van der Waals surface area contributed by atoms with Gasteiger partial charge in [0.25, 0.3) is 0 Å². The SMILES string of the molecule is S=c1sc(S)c(Cc2ccc(Cc3sc(=S)sc3S)cc2)s1. The second-order valence-electron chi connectivity index (χ2n) is 4.53. The Balaban J connectivity index is 1.75. The van der Waals surface area contributed by atoms with Crippen LogP contribution in [-0.4, -0.2) is 0 Å². The van der Waals surface area contributed by atoms with Gasteiger partial charge in [-0.1, -0.05) is 48.7 Å². The fraction of sp³-hybridized carbons (Fsp3) is 0.143. The third-order valence-electron chi connectivity index (χ3n) is 3.00. The molecule has 8 heteroatoms. The third kappa shape index (κ3) is 4.30. The van der Waals surface area contributed by atoms with Crippen LogP contribution in [0.15, 0.2) is 32.7 Å². The lowest BCUT2D eigenvalue weighted by molar-refractivity contribution is 1.17. The van der Waals surface area contributed by atoms with E-state index in [9.17, 15) is 0 Å². The molecule has 22 heavy (non-hydrogen) atoms. The average molecular weight is 435 g/mol. The number of benzene rings is 1. The lowest BCUT2D eigenvalue weighted by atomic mass is 10.1. The second kappa shape index (κ2) is 7.57. The molecule has 2 heterocycles. The molecule has 1 aromatic carbocycles. The molecule has 0 N–H and O–H groups in total. The van der Waals surface area contributed by atoms with Crippen LogP contribution in [0.25, 0.3) is 0 Å². The van der Waals surface area contributed by atoms with E-state index in [4.69, 9.17) is 24.4 Å². The Hall–Kier alpha value is 0.460. The van der Waals surface area contributed by atoms with Crippen molar-refractivity contribution in [1.82, 2.24) is 0 Å². The first-order chi connectivity index (χ1) is 10.5. The molecule has 0 bridgehead atoms. The van der Waals surface area contributed by atoms with Crippen LogP contribution < -0.4 is 0 Å². The Kier molecular flexibility index (Phi) is 5.94. The second-order valence-corrected chi connectivity index (χ2v) is 12.7. The molecule has 0 unspecified atom stereocenters. The highest BCUT2D eigenvalue weighted by Crippen LogP contribution is 2.32. The van der Waals surface area contributed by atoms with E-state index in [2.05, 4.69) is 49.5 Å². The van der Waals surface area contributed by atoms with Gasteiger partial charge >= 0.3 is 0 Å². The predicted octanol–water partition coefficient (Wildman–Crippen LogP) is 7.15. The van der Waals surface area contributed by atoms with Crippen LogP contribution in [0.4, 0.5) is 0 Å². The topological polar surface area (TPSA) is 0 Å². The zero-order valence-corrected chi connectivity index (χ0v) is 17.8. The van der Waals surface area contributed by atoms with Crippen molar-refractivity contribution < 1.29 is 0 Å². The molecule has 0 aliphatic rings. The molecule has 0 spiro atoms. The standard InChI is InChI=1S/C14H10S8/c15-11-9(19-13(17)21-11)5-7-1-2-8(4-3-7)6-10-12(16)22-14(18)20-10/h1-4,15-16H,5-6H2. The molecule has 2 aromatic heterocycles. The van der Waals surface area contributed by atoms with Crippen molar-refractivity contribution >= 4 is 95.0 Å². The Morgan fingerprint density at radius 1 is 0.682 bits per heavy atom. The van der Waals surface area contributed by atoms with Crippen molar-refractivity contribution in [1.29, 1.82) is 0 Å². The van der Waals surface area contributed by atoms with Gasteiger partial charge in [-0.05, 0) is 11.1 Å². The summed E-state index contributed by atoms with van der Waals surface area (Å²) in [6.45, 7) is 0. The van der Waals surface area contributed by atoms with E-state index < -0.39 is 0 Å². The lowest BCUT2D eigenvalue weighted by Crippen LogP contribution is -1.89. The lowest BCUT2D eigenvalue weighted by Gasteiger charge is -2.03. The quantitative estimate of drug-likeness (QED) is 0.330. The van der Waals surface area contributed by atoms with Crippen molar-refractivity contribution in [3.63, 3.8) is 0 Å². The minimum atomic E-state index is 0.895. The highest BCUT2D eigenvalue weighted by Gasteiger charge is 2.07. The van der Waals surface area contributed by atoms with E-state index in [0.717, 1.165) is 27.5 Å². The summed E-state index contributed by atoms with van der Waals surface area (Å²) in [5.74, 6) is 0. The normalized spacial score (nSPS) is 11.0. The monoisotopic (exact) mass is 434 g/mol. The van der Waals surface area contributed by atoms with Gasteiger partial charge in [0.15, 0.2) is 0 Å². The highest BCUT2D eigenvalue weighted by molar-refractivity contribution is 7.85. The van der Waals surface area contributed by atoms with E-state index in [-0.39, 0.29) is 0 Å². The van der Waals surface area contributed by atoms with E-state index in [1.807, 2.05) is 0 Å². The van der Waals surface area contributed by atoms with Gasteiger partial charge in [0.2, 0.25) is 0 Å². The first kappa shape index (κ1) is 17.3. The molecule has 3 rings (SSSR count). The number of rotatable bonds is 4. The van der Waals surface area contributed by atoms with Gasteiger partial charge in [-0.2, -0.15) is 0 Å². The highest BCUT2D eigenvalue weighted by atomic mass is 32.2. The molecule has 3 aromatic rings. The molecular weight excluding hydrogens is 425 g/mol. The molecule has 0 radical (unpaired) electrons. The Morgan fingerprint density at radius 2 is 1.05 bits per heavy atom. The van der Waals surface area contributed by atoms with Crippen LogP contribution in [0.1, 0.15) is 20.9 Å². The van der Waals surface area contributed by atoms with Crippen LogP contribution in [-0.2, 0) is 12.8 Å². The minimum Gasteiger partial charge on any atom is -0.132 e. The summed E-state index contributed by atoms with van der Waals surface area (Å²) >= 11 is 25.9. The zero-order chi connectivity index (χ0) is 15.7. The summed E-state index contributed by atoms with van der Waals surface area (Å²) in [5.41, 5.74) is 2.57. The fourth-order valence-corrected chi connectivity index (χ4v) is 8.47. The Bertz CT molecular complexity index is 815. The summed E-state index contributed by atoms with van der Waals surface area (Å²) in [6.07, 6.45) is 1.79. The minimum absolute atomic E-state index is 0.895. The maximum absolute atomic E-state index is 5.22. The van der Waals surface area contributed by atoms with Crippen molar-refractivity contribution in [3.8, 4) is 0 Å². The van der Waals surface area contributed by atoms with Crippen molar-refractivity contribution in [2.45, 2.75) is 21.3 Å². The number of thiol groups is 2. The van der Waals surface area contributed by atoms with E-state index in [1.165, 1.54) is 20.9 Å². The van der Waals surface area contributed by atoms with Crippen molar-refractivity contribution in [2.75, 3.05) is 0 Å².